The quantitative estimate of drug-likeness (QED) is 0.0286. The van der Waals surface area contributed by atoms with E-state index in [1.807, 2.05) is 10.9 Å². The van der Waals surface area contributed by atoms with E-state index in [4.69, 9.17) is 4.84 Å². The van der Waals surface area contributed by atoms with Gasteiger partial charge in [0.15, 0.2) is 6.61 Å². The van der Waals surface area contributed by atoms with Gasteiger partial charge >= 0.3 is 49.4 Å². The number of fused-ring (bicyclic) bond motifs is 1. The van der Waals surface area contributed by atoms with Crippen molar-refractivity contribution in [2.75, 3.05) is 6.61 Å². The van der Waals surface area contributed by atoms with Gasteiger partial charge in [0.25, 0.3) is 0 Å². The second-order valence-corrected chi connectivity index (χ2v) is 20.8. The Morgan fingerprint density at radius 1 is 0.302 bits per heavy atom. The number of benzene rings is 5. The molecule has 0 bridgehead atoms. The molecule has 0 saturated heterocycles. The van der Waals surface area contributed by atoms with E-state index in [2.05, 4.69) is 43.5 Å². The lowest BCUT2D eigenvalue weighted by Gasteiger charge is -2.46. The van der Waals surface area contributed by atoms with Gasteiger partial charge in [-0.05, 0) is 48.6 Å². The highest BCUT2D eigenvalue weighted by Crippen LogP contribution is 2.41. The molecule has 0 aliphatic heterocycles. The second-order valence-electron chi connectivity index (χ2n) is 20.8. The number of pyridine rings is 1. The van der Waals surface area contributed by atoms with Gasteiger partial charge in [0.05, 0.1) is 49.9 Å². The molecule has 1 heterocycles. The fourth-order valence-corrected chi connectivity index (χ4v) is 10.1. The maximum Gasteiger partial charge on any atom is 0.416 e. The lowest BCUT2D eigenvalue weighted by atomic mass is 9.12. The Kier molecular flexibility index (Phi) is 23.1. The zero-order valence-electron chi connectivity index (χ0n) is 45.5. The van der Waals surface area contributed by atoms with Crippen molar-refractivity contribution in [3.8, 4) is 0 Å². The Bertz CT molecular complexity index is 2710. The van der Waals surface area contributed by atoms with Gasteiger partial charge in [0.1, 0.15) is 6.15 Å². The van der Waals surface area contributed by atoms with E-state index in [1.54, 1.807) is 0 Å². The molecule has 6 aromatic rings. The number of nitrogens with zero attached hydrogens (tertiary/aromatic N) is 1. The van der Waals surface area contributed by atoms with Crippen molar-refractivity contribution in [3.63, 3.8) is 0 Å². The van der Waals surface area contributed by atoms with Gasteiger partial charge in [-0.2, -0.15) is 127 Å². The summed E-state index contributed by atoms with van der Waals surface area (Å²) in [4.78, 5) is 5.85. The van der Waals surface area contributed by atoms with Gasteiger partial charge in [-0.1, -0.05) is 164 Å². The van der Waals surface area contributed by atoms with Gasteiger partial charge < -0.3 is 0 Å². The number of unbranched alkanes of at least 4 members (excludes halogenated alkanes) is 15. The summed E-state index contributed by atoms with van der Waals surface area (Å²) in [6.45, 7) is 3.10. The van der Waals surface area contributed by atoms with Crippen LogP contribution in [0.2, 0.25) is 0 Å². The molecule has 6 rings (SSSR count). The molecule has 1 aromatic heterocycles. The molecule has 0 aliphatic carbocycles. The van der Waals surface area contributed by atoms with E-state index in [0.717, 1.165) is 13.0 Å². The van der Waals surface area contributed by atoms with Crippen LogP contribution in [0.15, 0.2) is 116 Å². The van der Waals surface area contributed by atoms with Crippen LogP contribution >= 0.6 is 0 Å². The van der Waals surface area contributed by atoms with Crippen LogP contribution in [0.1, 0.15) is 154 Å². The molecule has 2 nitrogen and oxygen atoms in total. The average Bonchev–Trinajstić information content (AvgIpc) is 0.775. The van der Waals surface area contributed by atoms with E-state index in [9.17, 15) is 105 Å². The van der Waals surface area contributed by atoms with Crippen LogP contribution in [0, 0.1) is 0 Å². The number of alkyl halides is 24. The van der Waals surface area contributed by atoms with Crippen molar-refractivity contribution in [2.45, 2.75) is 159 Å². The van der Waals surface area contributed by atoms with Crippen LogP contribution < -0.4 is 31.4 Å². The molecule has 0 N–H and O–H groups in total. The molecular weight excluding hydrogens is 1210 g/mol. The molecule has 474 valence electrons. The third-order valence-corrected chi connectivity index (χ3v) is 14.3. The molecule has 0 atom stereocenters. The first kappa shape index (κ1) is 70.5. The number of halogens is 24. The van der Waals surface area contributed by atoms with Crippen LogP contribution in [0.4, 0.5) is 105 Å². The van der Waals surface area contributed by atoms with E-state index >= 15 is 0 Å². The monoisotopic (exact) mass is 1260 g/mol. The van der Waals surface area contributed by atoms with Crippen LogP contribution in [0.5, 0.6) is 0 Å². The maximum absolute atomic E-state index is 14.2. The summed E-state index contributed by atoms with van der Waals surface area (Å²) in [6, 6.07) is 1.71. The lowest BCUT2D eigenvalue weighted by molar-refractivity contribution is -0.890. The number of hydrogen-bond acceptors (Lipinski definition) is 1. The molecular formula is C59H56BF24NO. The number of aromatic nitrogens is 1. The standard InChI is InChI=1S/C32H12BF24.C27H44NO/c34-25(35,36)13-1-14(26(37,38)39)6-21(5-13)33(22-7-15(27(40,41)42)2-16(8-22)28(43,44)45,23-9-17(29(46,47)48)3-18(10-23)30(49,50)51)24-11-19(31(52,53)54)4-20(12-24)32(55,56)57;1-2-3-4-5-6-7-8-9-10-11-12-13-14-15-16-19-24-29-28-23-22-26-20-17-18-21-27(26)25-28/h1-12H;17-18,20-23,25H,2-16,19,24H2,1H3/q-1;+1. The molecule has 86 heavy (non-hydrogen) atoms. The summed E-state index contributed by atoms with van der Waals surface area (Å²) in [6.07, 6.45) is -28.3. The fraction of sp³-hybridized carbons (Fsp3) is 0.441. The first-order chi connectivity index (χ1) is 39.7. The Labute approximate surface area is 478 Å². The Morgan fingerprint density at radius 2 is 0.535 bits per heavy atom. The highest BCUT2D eigenvalue weighted by Gasteiger charge is 2.47. The minimum absolute atomic E-state index is 0.691. The van der Waals surface area contributed by atoms with Crippen LogP contribution in [-0.2, 0) is 49.4 Å². The van der Waals surface area contributed by atoms with Crippen molar-refractivity contribution in [1.82, 2.24) is 0 Å². The summed E-state index contributed by atoms with van der Waals surface area (Å²) >= 11 is 0. The third kappa shape index (κ3) is 19.6. The number of rotatable bonds is 22. The number of hydrogen-bond donors (Lipinski definition) is 0. The summed E-state index contributed by atoms with van der Waals surface area (Å²) in [7, 11) is 0. The predicted octanol–water partition coefficient (Wildman–Crippen LogP) is 19.0. The van der Waals surface area contributed by atoms with E-state index in [1.165, 1.54) is 107 Å². The van der Waals surface area contributed by atoms with Gasteiger partial charge in [0, 0.05) is 10.8 Å². The van der Waals surface area contributed by atoms with Crippen molar-refractivity contribution in [3.05, 3.63) is 160 Å². The first-order valence-corrected chi connectivity index (χ1v) is 27.1. The van der Waals surface area contributed by atoms with Crippen LogP contribution in [0.25, 0.3) is 10.8 Å². The minimum atomic E-state index is -6.13. The molecule has 0 fully saturated rings. The molecule has 27 heteroatoms. The van der Waals surface area contributed by atoms with Gasteiger partial charge in [-0.3, -0.25) is 4.84 Å². The molecule has 0 spiro atoms. The molecule has 0 aliphatic rings. The zero-order chi connectivity index (χ0) is 64.3. The molecule has 0 amide bonds. The van der Waals surface area contributed by atoms with E-state index < -0.39 is 195 Å². The van der Waals surface area contributed by atoms with Crippen molar-refractivity contribution >= 4 is 38.8 Å². The third-order valence-electron chi connectivity index (χ3n) is 14.3. The summed E-state index contributed by atoms with van der Waals surface area (Å²) in [5, 5.41) is 2.48. The van der Waals surface area contributed by atoms with Gasteiger partial charge in [0.2, 0.25) is 12.4 Å². The molecule has 0 radical (unpaired) electrons. The Balaban J connectivity index is 0.000000389. The Morgan fingerprint density at radius 3 is 0.779 bits per heavy atom. The minimum Gasteiger partial charge on any atom is -0.271 e. The predicted molar refractivity (Wildman–Crippen MR) is 275 cm³/mol. The van der Waals surface area contributed by atoms with Gasteiger partial charge in [-0.15, -0.1) is 0 Å². The SMILES string of the molecule is CCCCCCCCCCCCCCCCCCO[n+]1ccc2ccccc2c1.FC(F)(F)c1cc([B-](c2cc(C(F)(F)F)cc(C(F)(F)F)c2)(c2cc(C(F)(F)F)cc(C(F)(F)F)c2)c2cc(C(F)(F)F)cc(C(F)(F)F)c2)cc(C(F)(F)F)c1. The molecule has 0 unspecified atom stereocenters. The highest BCUT2D eigenvalue weighted by atomic mass is 19.4. The van der Waals surface area contributed by atoms with Crippen molar-refractivity contribution in [2.24, 2.45) is 0 Å². The van der Waals surface area contributed by atoms with Crippen molar-refractivity contribution < 1.29 is 115 Å². The summed E-state index contributed by atoms with van der Waals surface area (Å²) in [5.41, 5.74) is -30.2. The highest BCUT2D eigenvalue weighted by molar-refractivity contribution is 7.20. The second kappa shape index (κ2) is 28.2. The van der Waals surface area contributed by atoms with Crippen molar-refractivity contribution in [1.29, 1.82) is 0 Å². The zero-order valence-corrected chi connectivity index (χ0v) is 45.5. The van der Waals surface area contributed by atoms with Gasteiger partial charge in [-0.25, -0.2) is 0 Å². The van der Waals surface area contributed by atoms with Crippen LogP contribution in [0.3, 0.4) is 0 Å². The normalized spacial score (nSPS) is 13.3. The maximum atomic E-state index is 14.2. The largest absolute Gasteiger partial charge is 0.416 e. The average molecular weight is 1260 g/mol. The summed E-state index contributed by atoms with van der Waals surface area (Å²) in [5.74, 6) is 0. The lowest BCUT2D eigenvalue weighted by Crippen LogP contribution is -2.75. The Hall–Kier alpha value is -6.31. The molecule has 0 saturated carbocycles. The van der Waals surface area contributed by atoms with E-state index in [-0.39, 0.29) is 0 Å². The smallest absolute Gasteiger partial charge is 0.271 e. The topological polar surface area (TPSA) is 13.1 Å². The first-order valence-electron chi connectivity index (χ1n) is 27.1. The molecule has 5 aromatic carbocycles. The van der Waals surface area contributed by atoms with E-state index in [0.29, 0.717) is 0 Å². The van der Waals surface area contributed by atoms with Crippen LogP contribution in [-0.4, -0.2) is 12.8 Å². The summed E-state index contributed by atoms with van der Waals surface area (Å²) < 4.78 is 343. The fourth-order valence-electron chi connectivity index (χ4n) is 10.1.